The minimum atomic E-state index is 0.588. The highest BCUT2D eigenvalue weighted by Gasteiger charge is 2.20. The summed E-state index contributed by atoms with van der Waals surface area (Å²) in [4.78, 5) is 19.3. The van der Waals surface area contributed by atoms with E-state index in [-0.39, 0.29) is 0 Å². The normalized spacial score (nSPS) is 11.1. The summed E-state index contributed by atoms with van der Waals surface area (Å²) in [5.41, 5.74) is 28.4. The minimum absolute atomic E-state index is 0.588. The summed E-state index contributed by atoms with van der Waals surface area (Å²) in [5, 5.41) is 33.9. The third kappa shape index (κ3) is 15.2. The predicted molar refractivity (Wildman–Crippen MR) is 488 cm³/mol. The van der Waals surface area contributed by atoms with E-state index in [4.69, 9.17) is 39.0 Å². The molecule has 0 fully saturated rings. The number of nitrogens with zero attached hydrogens (tertiary/aromatic N) is 7. The van der Waals surface area contributed by atoms with Gasteiger partial charge in [0.1, 0.15) is 17.2 Å². The molecule has 0 amide bonds. The number of fused-ring (bicyclic) bond motifs is 9. The maximum Gasteiger partial charge on any atom is 0.569 e. The third-order valence-electron chi connectivity index (χ3n) is 21.7. The van der Waals surface area contributed by atoms with Crippen LogP contribution >= 0.6 is 0 Å². The number of hydrogen-bond acceptors (Lipinski definition) is 10. The van der Waals surface area contributed by atoms with Crippen LogP contribution in [-0.2, 0) is 0 Å². The summed E-state index contributed by atoms with van der Waals surface area (Å²) in [7, 11) is 2.13. The molecule has 21 rings (SSSR count). The van der Waals surface area contributed by atoms with E-state index in [9.17, 15) is 0 Å². The van der Waals surface area contributed by atoms with Gasteiger partial charge in [0.15, 0.2) is 0 Å². The molecule has 3 N–H and O–H groups in total. The Morgan fingerprint density at radius 2 is 0.450 bits per heavy atom. The second-order valence-electron chi connectivity index (χ2n) is 28.9. The van der Waals surface area contributed by atoms with Crippen molar-refractivity contribution in [1.29, 1.82) is 0 Å². The quantitative estimate of drug-likeness (QED) is 0.0707. The lowest BCUT2D eigenvalue weighted by molar-refractivity contribution is 0.453. The highest BCUT2D eigenvalue weighted by molar-refractivity contribution is 6.19. The molecule has 7 aromatic heterocycles. The average Bonchev–Trinajstić information content (AvgIpc) is 1.60. The summed E-state index contributed by atoms with van der Waals surface area (Å²) in [6, 6.07) is 137. The molecule has 7 heterocycles. The van der Waals surface area contributed by atoms with Gasteiger partial charge in [0.2, 0.25) is 0 Å². The van der Waals surface area contributed by atoms with E-state index in [0.29, 0.717) is 40.3 Å². The van der Waals surface area contributed by atoms with Crippen molar-refractivity contribution in [3.8, 4) is 135 Å². The first-order chi connectivity index (χ1) is 59.3. The van der Waals surface area contributed by atoms with Crippen LogP contribution in [0.15, 0.2) is 413 Å². The van der Waals surface area contributed by atoms with Crippen molar-refractivity contribution in [3.63, 3.8) is 0 Å². The van der Waals surface area contributed by atoms with Gasteiger partial charge in [-0.2, -0.15) is 0 Å². The van der Waals surface area contributed by atoms with Gasteiger partial charge in [-0.3, -0.25) is 9.97 Å². The number of para-hydroxylation sites is 3. The summed E-state index contributed by atoms with van der Waals surface area (Å²) in [6.07, 6.45) is 3.64. The van der Waals surface area contributed by atoms with E-state index >= 15 is 0 Å². The second-order valence-corrected chi connectivity index (χ2v) is 28.9. The minimum Gasteiger partial charge on any atom is -0.537 e. The molecule has 0 atom stereocenters. The Hall–Kier alpha value is -15.4. The van der Waals surface area contributed by atoms with Gasteiger partial charge in [0, 0.05) is 95.2 Å². The van der Waals surface area contributed by atoms with Crippen molar-refractivity contribution in [2.24, 2.45) is 0 Å². The number of benzene rings is 14. The highest BCUT2D eigenvalue weighted by atomic mass is 16.5. The molecule has 0 spiro atoms. The lowest BCUT2D eigenvalue weighted by Gasteiger charge is -2.12. The van der Waals surface area contributed by atoms with E-state index in [0.717, 1.165) is 183 Å². The molecule has 0 unspecified atom stereocenters. The maximum atomic E-state index is 9.12. The summed E-state index contributed by atoms with van der Waals surface area (Å²) < 4.78 is 22.5. The fraction of sp³-hybridized carbons (Fsp3) is 0. The van der Waals surface area contributed by atoms with Crippen LogP contribution in [0, 0.1) is 0 Å². The molecule has 567 valence electrons. The Balaban J connectivity index is 0.000000119. The summed E-state index contributed by atoms with van der Waals surface area (Å²) in [5.74, 6) is 1.77. The van der Waals surface area contributed by atoms with Crippen LogP contribution in [0.5, 0.6) is 17.2 Å². The molecule has 16 heteroatoms. The number of hydrogen-bond donors (Lipinski definition) is 3. The van der Waals surface area contributed by atoms with Crippen LogP contribution in [0.1, 0.15) is 0 Å². The van der Waals surface area contributed by atoms with Crippen molar-refractivity contribution < 1.29 is 29.0 Å². The zero-order chi connectivity index (χ0) is 80.7. The number of pyridine rings is 4. The first kappa shape index (κ1) is 74.6. The third-order valence-corrected chi connectivity index (χ3v) is 21.7. The second kappa shape index (κ2) is 33.8. The first-order valence-corrected chi connectivity index (χ1v) is 39.4. The Morgan fingerprint density at radius 3 is 0.767 bits per heavy atom. The van der Waals surface area contributed by atoms with Crippen molar-refractivity contribution in [2.45, 2.75) is 0 Å². The van der Waals surface area contributed by atoms with Crippen LogP contribution in [0.4, 0.5) is 0 Å². The van der Waals surface area contributed by atoms with Crippen molar-refractivity contribution in [3.05, 3.63) is 413 Å². The first-order valence-electron chi connectivity index (χ1n) is 39.4. The van der Waals surface area contributed by atoms with E-state index < -0.39 is 0 Å². The lowest BCUT2D eigenvalue weighted by atomic mass is 9.96. The standard InChI is InChI=1S/2C35H24BN2O2.C34H23BN3O2/c39-36-40-29-19-20-35-31(23-29)30-13-7-8-14-34(30)38(35)28-17-15-24(16-18-28)27-21-32(25-9-3-1-4-10-25)37-33(22-27)26-11-5-2-6-12-26;39-36-40-29-19-20-35-31(23-29)30-13-7-8-14-34(30)38(35)28-17-15-26(16-18-28)33-22-27(24-9-3-1-4-10-24)21-32(37-33)25-11-5-2-6-12-25;39-35-40-28-15-16-34-30(22-28)29-7-1-2-10-33(29)38(34)27-13-11-23(12-14-27)24-19-25(31-8-3-5-17-36-31)21-26(20-24)32-9-4-6-18-37-32/h2*1-23,39H;1-22,39H. The molecule has 14 aromatic carbocycles. The molecule has 0 saturated carbocycles. The molecular formula is C104H71B3N7O6. The Kier molecular flexibility index (Phi) is 21.0. The molecule has 0 aliphatic heterocycles. The molecule has 3 radical (unpaired) electrons. The molecule has 0 aliphatic rings. The molecule has 0 saturated heterocycles. The zero-order valence-corrected chi connectivity index (χ0v) is 64.7. The van der Waals surface area contributed by atoms with Crippen LogP contribution in [0.3, 0.4) is 0 Å². The van der Waals surface area contributed by atoms with Gasteiger partial charge in [-0.15, -0.1) is 0 Å². The number of aromatic nitrogens is 7. The van der Waals surface area contributed by atoms with Gasteiger partial charge in [0.25, 0.3) is 0 Å². The predicted octanol–water partition coefficient (Wildman–Crippen LogP) is 23.7. The van der Waals surface area contributed by atoms with Crippen LogP contribution in [0.25, 0.3) is 183 Å². The van der Waals surface area contributed by atoms with Crippen molar-refractivity contribution >= 4 is 88.5 Å². The Labute approximate surface area is 694 Å². The van der Waals surface area contributed by atoms with Crippen LogP contribution in [0.2, 0.25) is 0 Å². The Morgan fingerprint density at radius 1 is 0.192 bits per heavy atom. The number of rotatable bonds is 18. The lowest BCUT2D eigenvalue weighted by Crippen LogP contribution is -1.99. The highest BCUT2D eigenvalue weighted by Crippen LogP contribution is 2.42. The van der Waals surface area contributed by atoms with E-state index in [2.05, 4.69) is 248 Å². The van der Waals surface area contributed by atoms with Crippen LogP contribution in [-0.4, -0.2) is 71.8 Å². The molecule has 13 nitrogen and oxygen atoms in total. The zero-order valence-electron chi connectivity index (χ0n) is 64.7. The van der Waals surface area contributed by atoms with E-state index in [1.54, 1.807) is 0 Å². The summed E-state index contributed by atoms with van der Waals surface area (Å²) in [6.45, 7) is 0. The Bertz CT molecular complexity index is 6370. The topological polar surface area (TPSA) is 155 Å². The van der Waals surface area contributed by atoms with E-state index in [1.807, 2.05) is 188 Å². The fourth-order valence-corrected chi connectivity index (χ4v) is 16.1. The van der Waals surface area contributed by atoms with Gasteiger partial charge in [-0.25, -0.2) is 9.97 Å². The molecule has 21 aromatic rings. The van der Waals surface area contributed by atoms with Crippen molar-refractivity contribution in [1.82, 2.24) is 33.6 Å². The molecule has 120 heavy (non-hydrogen) atoms. The smallest absolute Gasteiger partial charge is 0.537 e. The largest absolute Gasteiger partial charge is 0.569 e. The SMILES string of the molecule is O[B]Oc1ccc2c(c1)c1ccccc1n2-c1ccc(-c2cc(-c3ccccc3)cc(-c3ccccc3)n2)cc1.O[B]Oc1ccc2c(c1)c1ccccc1n2-c1ccc(-c2cc(-c3ccccc3)nc(-c3ccccc3)c2)cc1.O[B]Oc1ccc2c(c1)c1ccccc1n2-c1ccc(-c2cc(-c3ccccn3)cc(-c3ccccn3)c2)cc1. The monoisotopic (exact) mass is 1550 g/mol. The maximum absolute atomic E-state index is 9.12. The van der Waals surface area contributed by atoms with Gasteiger partial charge in [0.05, 0.1) is 67.3 Å². The summed E-state index contributed by atoms with van der Waals surface area (Å²) >= 11 is 0. The van der Waals surface area contributed by atoms with Gasteiger partial charge < -0.3 is 42.7 Å². The average molecular weight is 1550 g/mol. The molecule has 0 aliphatic carbocycles. The molecule has 0 bridgehead atoms. The fourth-order valence-electron chi connectivity index (χ4n) is 16.1. The molecular weight excluding hydrogens is 1480 g/mol. The van der Waals surface area contributed by atoms with Gasteiger partial charge in [-0.05, 0) is 209 Å². The van der Waals surface area contributed by atoms with Crippen molar-refractivity contribution in [2.75, 3.05) is 0 Å². The van der Waals surface area contributed by atoms with Crippen LogP contribution < -0.4 is 14.0 Å². The van der Waals surface area contributed by atoms with Gasteiger partial charge in [-0.1, -0.05) is 224 Å². The van der Waals surface area contributed by atoms with Gasteiger partial charge >= 0.3 is 23.1 Å². The van der Waals surface area contributed by atoms with E-state index in [1.165, 1.54) is 0 Å².